The Morgan fingerprint density at radius 1 is 1.18 bits per heavy atom. The fourth-order valence-corrected chi connectivity index (χ4v) is 3.86. The number of para-hydroxylation sites is 1. The number of carbonyl (C=O) groups is 2. The van der Waals surface area contributed by atoms with Crippen molar-refractivity contribution in [1.82, 2.24) is 25.5 Å². The molecule has 33 heavy (non-hydrogen) atoms. The van der Waals surface area contributed by atoms with Crippen molar-refractivity contribution in [3.8, 4) is 0 Å². The quantitative estimate of drug-likeness (QED) is 0.578. The molecule has 1 aliphatic heterocycles. The van der Waals surface area contributed by atoms with E-state index in [4.69, 9.17) is 9.72 Å². The highest BCUT2D eigenvalue weighted by atomic mass is 16.5. The molecule has 0 aliphatic carbocycles. The Labute approximate surface area is 193 Å². The van der Waals surface area contributed by atoms with E-state index in [1.807, 2.05) is 67.3 Å². The van der Waals surface area contributed by atoms with E-state index < -0.39 is 0 Å². The van der Waals surface area contributed by atoms with E-state index in [2.05, 4.69) is 15.6 Å². The van der Waals surface area contributed by atoms with Crippen molar-refractivity contribution in [2.75, 3.05) is 26.2 Å². The number of amides is 2. The minimum absolute atomic E-state index is 0.0268. The van der Waals surface area contributed by atoms with Gasteiger partial charge in [-0.1, -0.05) is 24.3 Å². The fourth-order valence-electron chi connectivity index (χ4n) is 3.86. The maximum Gasteiger partial charge on any atom is 0.252 e. The number of hydrogen-bond acceptors (Lipinski definition) is 6. The average Bonchev–Trinajstić information content (AvgIpc) is 2.82. The third kappa shape index (κ3) is 5.91. The zero-order chi connectivity index (χ0) is 23.2. The summed E-state index contributed by atoms with van der Waals surface area (Å²) < 4.78 is 5.99. The lowest BCUT2D eigenvalue weighted by Gasteiger charge is -2.32. The molecule has 0 bridgehead atoms. The molecule has 3 heterocycles. The molecule has 2 N–H and O–H groups in total. The molecule has 0 unspecified atom stereocenters. The first-order valence-corrected chi connectivity index (χ1v) is 11.2. The molecule has 0 saturated carbocycles. The second-order valence-corrected chi connectivity index (χ2v) is 8.43. The van der Waals surface area contributed by atoms with Gasteiger partial charge in [-0.15, -0.1) is 0 Å². The van der Waals surface area contributed by atoms with Crippen LogP contribution >= 0.6 is 0 Å². The Morgan fingerprint density at radius 3 is 2.79 bits per heavy atom. The fraction of sp³-hybridized carbons (Fsp3) is 0.360. The van der Waals surface area contributed by atoms with Gasteiger partial charge in [0.25, 0.3) is 5.91 Å². The molecule has 8 nitrogen and oxygen atoms in total. The second kappa shape index (κ2) is 10.5. The van der Waals surface area contributed by atoms with Crippen LogP contribution in [0.4, 0.5) is 0 Å². The van der Waals surface area contributed by atoms with Crippen LogP contribution in [0.3, 0.4) is 0 Å². The van der Waals surface area contributed by atoms with Gasteiger partial charge in [0.05, 0.1) is 42.2 Å². The summed E-state index contributed by atoms with van der Waals surface area (Å²) in [5.41, 5.74) is 2.84. The van der Waals surface area contributed by atoms with Crippen LogP contribution in [0.25, 0.3) is 10.9 Å². The van der Waals surface area contributed by atoms with Crippen LogP contribution in [-0.4, -0.2) is 59.0 Å². The van der Waals surface area contributed by atoms with Crippen LogP contribution in [0.1, 0.15) is 41.7 Å². The zero-order valence-corrected chi connectivity index (χ0v) is 19.0. The monoisotopic (exact) mass is 447 g/mol. The lowest BCUT2D eigenvalue weighted by molar-refractivity contribution is -0.124. The van der Waals surface area contributed by atoms with Gasteiger partial charge in [-0.2, -0.15) is 0 Å². The number of nitrogens with one attached hydrogen (secondary N) is 2. The summed E-state index contributed by atoms with van der Waals surface area (Å²) in [5, 5.41) is 6.69. The molecule has 0 radical (unpaired) electrons. The third-order valence-corrected chi connectivity index (χ3v) is 5.44. The maximum atomic E-state index is 12.9. The molecular formula is C25H29N5O3. The van der Waals surface area contributed by atoms with E-state index in [9.17, 15) is 9.59 Å². The lowest BCUT2D eigenvalue weighted by Crippen LogP contribution is -2.44. The summed E-state index contributed by atoms with van der Waals surface area (Å²) in [6, 6.07) is 15.1. The largest absolute Gasteiger partial charge is 0.369 e. The first-order chi connectivity index (χ1) is 16.0. The van der Waals surface area contributed by atoms with Crippen LogP contribution < -0.4 is 10.6 Å². The van der Waals surface area contributed by atoms with Crippen LogP contribution in [0.5, 0.6) is 0 Å². The summed E-state index contributed by atoms with van der Waals surface area (Å²) in [6.07, 6.45) is 1.39. The van der Waals surface area contributed by atoms with Crippen molar-refractivity contribution in [2.45, 2.75) is 32.5 Å². The molecule has 4 rings (SSSR count). The van der Waals surface area contributed by atoms with Gasteiger partial charge < -0.3 is 15.4 Å². The van der Waals surface area contributed by atoms with Gasteiger partial charge in [-0.25, -0.2) is 4.98 Å². The SMILES string of the molecule is CC(C)NC(=O)c1cc([C@@H]2CN(CC(=O)NCc3ccccn3)CCO2)nc2ccccc12. The minimum atomic E-state index is -0.322. The number of fused-ring (bicyclic) bond motifs is 1. The van der Waals surface area contributed by atoms with Crippen LogP contribution in [-0.2, 0) is 16.1 Å². The van der Waals surface area contributed by atoms with Crippen LogP contribution in [0.2, 0.25) is 0 Å². The predicted octanol–water partition coefficient (Wildman–Crippen LogP) is 2.46. The number of nitrogens with zero attached hydrogens (tertiary/aromatic N) is 3. The van der Waals surface area contributed by atoms with E-state index in [1.54, 1.807) is 6.20 Å². The molecular weight excluding hydrogens is 418 g/mol. The Bertz CT molecular complexity index is 1120. The lowest BCUT2D eigenvalue weighted by atomic mass is 10.0. The molecule has 1 aromatic carbocycles. The van der Waals surface area contributed by atoms with E-state index in [1.165, 1.54) is 0 Å². The van der Waals surface area contributed by atoms with Gasteiger partial charge in [-0.3, -0.25) is 19.5 Å². The van der Waals surface area contributed by atoms with E-state index >= 15 is 0 Å². The molecule has 1 fully saturated rings. The van der Waals surface area contributed by atoms with Crippen molar-refractivity contribution in [3.63, 3.8) is 0 Å². The number of benzene rings is 1. The molecule has 0 spiro atoms. The highest BCUT2D eigenvalue weighted by Crippen LogP contribution is 2.26. The van der Waals surface area contributed by atoms with E-state index in [0.717, 1.165) is 16.6 Å². The summed E-state index contributed by atoms with van der Waals surface area (Å²) in [5.74, 6) is -0.198. The third-order valence-electron chi connectivity index (χ3n) is 5.44. The summed E-state index contributed by atoms with van der Waals surface area (Å²) in [4.78, 5) is 36.4. The highest BCUT2D eigenvalue weighted by Gasteiger charge is 2.26. The van der Waals surface area contributed by atoms with Crippen LogP contribution in [0.15, 0.2) is 54.7 Å². The topological polar surface area (TPSA) is 96.5 Å². The Hall–Kier alpha value is -3.36. The number of rotatable bonds is 7. The van der Waals surface area contributed by atoms with Crippen LogP contribution in [0, 0.1) is 0 Å². The van der Waals surface area contributed by atoms with Gasteiger partial charge in [0.2, 0.25) is 5.91 Å². The number of hydrogen-bond donors (Lipinski definition) is 2. The molecule has 2 aromatic heterocycles. The van der Waals surface area contributed by atoms with E-state index in [0.29, 0.717) is 37.5 Å². The molecule has 8 heteroatoms. The standard InChI is InChI=1S/C25H29N5O3/c1-17(2)28-25(32)20-13-22(29-21-9-4-3-8-19(20)21)23-15-30(11-12-33-23)16-24(31)27-14-18-7-5-6-10-26-18/h3-10,13,17,23H,11-12,14-16H2,1-2H3,(H,27,31)(H,28,32)/t23-/m0/s1. The second-order valence-electron chi connectivity index (χ2n) is 8.43. The van der Waals surface area contributed by atoms with Gasteiger partial charge >= 0.3 is 0 Å². The average molecular weight is 448 g/mol. The van der Waals surface area contributed by atoms with E-state index in [-0.39, 0.29) is 30.5 Å². The molecule has 1 saturated heterocycles. The maximum absolute atomic E-state index is 12.9. The van der Waals surface area contributed by atoms with Gasteiger partial charge in [0.15, 0.2) is 0 Å². The van der Waals surface area contributed by atoms with Crippen molar-refractivity contribution in [1.29, 1.82) is 0 Å². The molecule has 3 aromatic rings. The highest BCUT2D eigenvalue weighted by molar-refractivity contribution is 6.06. The zero-order valence-electron chi connectivity index (χ0n) is 19.0. The predicted molar refractivity (Wildman–Crippen MR) is 126 cm³/mol. The number of carbonyl (C=O) groups excluding carboxylic acids is 2. The minimum Gasteiger partial charge on any atom is -0.369 e. The Balaban J connectivity index is 1.46. The first kappa shape index (κ1) is 22.8. The summed E-state index contributed by atoms with van der Waals surface area (Å²) in [6.45, 7) is 6.19. The van der Waals surface area contributed by atoms with Gasteiger partial charge in [0.1, 0.15) is 6.10 Å². The number of pyridine rings is 2. The molecule has 1 atom stereocenters. The van der Waals surface area contributed by atoms with Crippen molar-refractivity contribution in [3.05, 3.63) is 71.7 Å². The number of aromatic nitrogens is 2. The van der Waals surface area contributed by atoms with Crippen molar-refractivity contribution in [2.24, 2.45) is 0 Å². The van der Waals surface area contributed by atoms with Crippen molar-refractivity contribution < 1.29 is 14.3 Å². The number of morpholine rings is 1. The molecule has 2 amide bonds. The van der Waals surface area contributed by atoms with Gasteiger partial charge in [0, 0.05) is 30.7 Å². The first-order valence-electron chi connectivity index (χ1n) is 11.2. The van der Waals surface area contributed by atoms with Crippen molar-refractivity contribution >= 4 is 22.7 Å². The Kier molecular flexibility index (Phi) is 7.26. The molecule has 172 valence electrons. The number of ether oxygens (including phenoxy) is 1. The van der Waals surface area contributed by atoms with Gasteiger partial charge in [-0.05, 0) is 38.1 Å². The Morgan fingerprint density at radius 2 is 2.00 bits per heavy atom. The summed E-state index contributed by atoms with van der Waals surface area (Å²) >= 11 is 0. The smallest absolute Gasteiger partial charge is 0.252 e. The normalized spacial score (nSPS) is 16.6. The molecule has 1 aliphatic rings. The summed E-state index contributed by atoms with van der Waals surface area (Å²) in [7, 11) is 0.